The van der Waals surface area contributed by atoms with Gasteiger partial charge in [0.1, 0.15) is 11.4 Å². The number of benzene rings is 1. The fourth-order valence-corrected chi connectivity index (χ4v) is 1.38. The van der Waals surface area contributed by atoms with Gasteiger partial charge in [-0.05, 0) is 23.1 Å². The Morgan fingerprint density at radius 2 is 1.88 bits per heavy atom. The fraction of sp³-hybridized carbons (Fsp3) is 0.417. The van der Waals surface area contributed by atoms with Crippen LogP contribution < -0.4 is 16.2 Å². The summed E-state index contributed by atoms with van der Waals surface area (Å²) < 4.78 is 5.20. The molecule has 0 unspecified atom stereocenters. The van der Waals surface area contributed by atoms with Crippen LogP contribution in [0.1, 0.15) is 26.3 Å². The molecular weight excluding hydrogens is 202 g/mol. The first-order valence-electron chi connectivity index (χ1n) is 5.12. The Balaban J connectivity index is 3.27. The average molecular weight is 221 g/mol. The van der Waals surface area contributed by atoms with Crippen LogP contribution in [0.25, 0.3) is 0 Å². The van der Waals surface area contributed by atoms with Gasteiger partial charge >= 0.3 is 0 Å². The molecule has 16 heavy (non-hydrogen) atoms. The van der Waals surface area contributed by atoms with Gasteiger partial charge < -0.3 is 16.2 Å². The summed E-state index contributed by atoms with van der Waals surface area (Å²) in [6.45, 7) is 6.40. The minimum atomic E-state index is 0.0318. The molecule has 0 aromatic heterocycles. The van der Waals surface area contributed by atoms with Gasteiger partial charge in [-0.3, -0.25) is 0 Å². The van der Waals surface area contributed by atoms with Crippen molar-refractivity contribution in [2.45, 2.75) is 26.2 Å². The quantitative estimate of drug-likeness (QED) is 0.591. The topological polar surface area (TPSA) is 73.6 Å². The SMILES string of the molecule is COc1ccc(C(C)(C)C)cc1N=C(N)N. The van der Waals surface area contributed by atoms with Gasteiger partial charge in [-0.1, -0.05) is 26.8 Å². The number of hydrogen-bond donors (Lipinski definition) is 2. The average Bonchev–Trinajstić information content (AvgIpc) is 2.15. The second kappa shape index (κ2) is 4.43. The summed E-state index contributed by atoms with van der Waals surface area (Å²) in [5, 5.41) is 0. The standard InChI is InChI=1S/C12H19N3O/c1-12(2,3)8-5-6-10(16-4)9(7-8)15-11(13)14/h5-7H,1-4H3,(H4,13,14,15). The molecule has 0 spiro atoms. The van der Waals surface area contributed by atoms with E-state index in [2.05, 4.69) is 25.8 Å². The second-order valence-corrected chi connectivity index (χ2v) is 4.67. The number of nitrogens with two attached hydrogens (primary N) is 2. The molecule has 88 valence electrons. The molecule has 0 amide bonds. The monoisotopic (exact) mass is 221 g/mol. The maximum absolute atomic E-state index is 5.38. The van der Waals surface area contributed by atoms with E-state index < -0.39 is 0 Å². The first kappa shape index (κ1) is 12.4. The second-order valence-electron chi connectivity index (χ2n) is 4.67. The van der Waals surface area contributed by atoms with Crippen molar-refractivity contribution in [2.24, 2.45) is 16.5 Å². The smallest absolute Gasteiger partial charge is 0.191 e. The third-order valence-electron chi connectivity index (χ3n) is 2.29. The molecule has 0 radical (unpaired) electrons. The molecular formula is C12H19N3O. The van der Waals surface area contributed by atoms with E-state index in [-0.39, 0.29) is 11.4 Å². The molecule has 0 aliphatic heterocycles. The van der Waals surface area contributed by atoms with Gasteiger partial charge in [-0.2, -0.15) is 0 Å². The Kier molecular flexibility index (Phi) is 3.42. The van der Waals surface area contributed by atoms with Crippen molar-refractivity contribution in [1.29, 1.82) is 0 Å². The largest absolute Gasteiger partial charge is 0.494 e. The van der Waals surface area contributed by atoms with Crippen molar-refractivity contribution in [3.8, 4) is 5.75 Å². The number of nitrogens with zero attached hydrogens (tertiary/aromatic N) is 1. The zero-order valence-electron chi connectivity index (χ0n) is 10.2. The fourth-order valence-electron chi connectivity index (χ4n) is 1.38. The summed E-state index contributed by atoms with van der Waals surface area (Å²) in [5.41, 5.74) is 12.6. The molecule has 0 saturated carbocycles. The van der Waals surface area contributed by atoms with Crippen LogP contribution in [0.15, 0.2) is 23.2 Å². The zero-order valence-corrected chi connectivity index (χ0v) is 10.2. The van der Waals surface area contributed by atoms with Crippen molar-refractivity contribution < 1.29 is 4.74 Å². The molecule has 0 fully saturated rings. The van der Waals surface area contributed by atoms with Crippen LogP contribution in [-0.2, 0) is 5.41 Å². The highest BCUT2D eigenvalue weighted by Gasteiger charge is 2.15. The summed E-state index contributed by atoms with van der Waals surface area (Å²) in [5.74, 6) is 0.700. The number of hydrogen-bond acceptors (Lipinski definition) is 2. The Morgan fingerprint density at radius 1 is 1.25 bits per heavy atom. The minimum Gasteiger partial charge on any atom is -0.494 e. The van der Waals surface area contributed by atoms with Crippen molar-refractivity contribution in [2.75, 3.05) is 7.11 Å². The maximum atomic E-state index is 5.38. The lowest BCUT2D eigenvalue weighted by molar-refractivity contribution is 0.415. The highest BCUT2D eigenvalue weighted by molar-refractivity contribution is 5.80. The Labute approximate surface area is 96.3 Å². The Hall–Kier alpha value is -1.71. The third-order valence-corrected chi connectivity index (χ3v) is 2.29. The van der Waals surface area contributed by atoms with E-state index in [1.807, 2.05) is 18.2 Å². The van der Waals surface area contributed by atoms with Gasteiger partial charge in [-0.15, -0.1) is 0 Å². The normalized spacial score (nSPS) is 11.0. The van der Waals surface area contributed by atoms with E-state index >= 15 is 0 Å². The van der Waals surface area contributed by atoms with Crippen LogP contribution in [0, 0.1) is 0 Å². The molecule has 4 nitrogen and oxygen atoms in total. The van der Waals surface area contributed by atoms with E-state index in [0.717, 1.165) is 5.56 Å². The van der Waals surface area contributed by atoms with Gasteiger partial charge in [0.2, 0.25) is 0 Å². The first-order valence-corrected chi connectivity index (χ1v) is 5.12. The van der Waals surface area contributed by atoms with E-state index in [1.54, 1.807) is 7.11 Å². The van der Waals surface area contributed by atoms with Crippen LogP contribution in [0.4, 0.5) is 5.69 Å². The summed E-state index contributed by atoms with van der Waals surface area (Å²) in [7, 11) is 1.60. The molecule has 0 saturated heterocycles. The van der Waals surface area contributed by atoms with Crippen LogP contribution in [0.3, 0.4) is 0 Å². The predicted octanol–water partition coefficient (Wildman–Crippen LogP) is 1.90. The molecule has 1 rings (SSSR count). The van der Waals surface area contributed by atoms with Crippen LogP contribution in [0.2, 0.25) is 0 Å². The van der Waals surface area contributed by atoms with Gasteiger partial charge in [0.25, 0.3) is 0 Å². The highest BCUT2D eigenvalue weighted by atomic mass is 16.5. The van der Waals surface area contributed by atoms with Crippen molar-refractivity contribution >= 4 is 11.6 Å². The maximum Gasteiger partial charge on any atom is 0.191 e. The third kappa shape index (κ3) is 2.89. The van der Waals surface area contributed by atoms with E-state index in [4.69, 9.17) is 16.2 Å². The van der Waals surface area contributed by atoms with Crippen molar-refractivity contribution in [3.05, 3.63) is 23.8 Å². The highest BCUT2D eigenvalue weighted by Crippen LogP contribution is 2.33. The van der Waals surface area contributed by atoms with Gasteiger partial charge in [0, 0.05) is 0 Å². The molecule has 1 aromatic carbocycles. The molecule has 0 aliphatic rings. The van der Waals surface area contributed by atoms with Crippen LogP contribution in [-0.4, -0.2) is 13.1 Å². The van der Waals surface area contributed by atoms with E-state index in [0.29, 0.717) is 11.4 Å². The number of aliphatic imine (C=N–C) groups is 1. The van der Waals surface area contributed by atoms with Crippen molar-refractivity contribution in [3.63, 3.8) is 0 Å². The summed E-state index contributed by atoms with van der Waals surface area (Å²) in [6.07, 6.45) is 0. The minimum absolute atomic E-state index is 0.0318. The lowest BCUT2D eigenvalue weighted by Gasteiger charge is -2.20. The molecule has 1 aromatic rings. The Bertz CT molecular complexity index is 401. The summed E-state index contributed by atoms with van der Waals surface area (Å²) >= 11 is 0. The molecule has 0 aliphatic carbocycles. The predicted molar refractivity (Wildman–Crippen MR) is 67.2 cm³/mol. The first-order chi connectivity index (χ1) is 7.34. The van der Waals surface area contributed by atoms with Gasteiger partial charge in [0.15, 0.2) is 5.96 Å². The van der Waals surface area contributed by atoms with Crippen LogP contribution in [0.5, 0.6) is 5.75 Å². The molecule has 0 heterocycles. The molecule has 4 heteroatoms. The lowest BCUT2D eigenvalue weighted by atomic mass is 9.87. The van der Waals surface area contributed by atoms with Crippen molar-refractivity contribution in [1.82, 2.24) is 0 Å². The molecule has 4 N–H and O–H groups in total. The van der Waals surface area contributed by atoms with Gasteiger partial charge in [-0.25, -0.2) is 4.99 Å². The number of guanidine groups is 1. The molecule has 0 bridgehead atoms. The van der Waals surface area contributed by atoms with Gasteiger partial charge in [0.05, 0.1) is 7.11 Å². The summed E-state index contributed by atoms with van der Waals surface area (Å²) in [4.78, 5) is 4.05. The zero-order chi connectivity index (χ0) is 12.3. The number of ether oxygens (including phenoxy) is 1. The van der Waals surface area contributed by atoms with Crippen LogP contribution >= 0.6 is 0 Å². The molecule has 0 atom stereocenters. The number of rotatable bonds is 2. The van der Waals surface area contributed by atoms with E-state index in [1.165, 1.54) is 0 Å². The Morgan fingerprint density at radius 3 is 2.31 bits per heavy atom. The lowest BCUT2D eigenvalue weighted by Crippen LogP contribution is -2.22. The number of methoxy groups -OCH3 is 1. The van der Waals surface area contributed by atoms with E-state index in [9.17, 15) is 0 Å². The summed E-state index contributed by atoms with van der Waals surface area (Å²) in [6, 6.07) is 5.84.